The van der Waals surface area contributed by atoms with Crippen LogP contribution in [-0.4, -0.2) is 16.4 Å². The highest BCUT2D eigenvalue weighted by molar-refractivity contribution is 6.30. The summed E-state index contributed by atoms with van der Waals surface area (Å²) in [5.74, 6) is 4.51. The standard InChI is InChI=1S/C8H4ClNO2/c9-8-7(12)4-3-6(10-8)2-1-5-11/h3-5,12H. The number of carbonyl (C=O) groups excluding carboxylic acids is 1. The normalized spacial score (nSPS) is 8.42. The number of aromatic hydroxyl groups is 1. The van der Waals surface area contributed by atoms with Crippen molar-refractivity contribution in [3.05, 3.63) is 23.0 Å². The highest BCUT2D eigenvalue weighted by atomic mass is 35.5. The molecule has 1 aromatic heterocycles. The molecule has 0 atom stereocenters. The van der Waals surface area contributed by atoms with Crippen LogP contribution in [0.15, 0.2) is 12.1 Å². The van der Waals surface area contributed by atoms with Crippen molar-refractivity contribution in [2.75, 3.05) is 0 Å². The van der Waals surface area contributed by atoms with E-state index in [0.717, 1.165) is 0 Å². The fourth-order valence-electron chi connectivity index (χ4n) is 0.600. The fourth-order valence-corrected chi connectivity index (χ4v) is 0.754. The smallest absolute Gasteiger partial charge is 0.193 e. The Morgan fingerprint density at radius 1 is 1.58 bits per heavy atom. The van der Waals surface area contributed by atoms with E-state index in [-0.39, 0.29) is 10.9 Å². The molecular weight excluding hydrogens is 178 g/mol. The first-order chi connectivity index (χ1) is 5.74. The molecule has 0 unspecified atom stereocenters. The molecule has 0 aliphatic rings. The van der Waals surface area contributed by atoms with Crippen molar-refractivity contribution in [2.24, 2.45) is 0 Å². The first-order valence-corrected chi connectivity index (χ1v) is 3.42. The molecule has 4 heteroatoms. The summed E-state index contributed by atoms with van der Waals surface area (Å²) in [4.78, 5) is 13.5. The van der Waals surface area contributed by atoms with E-state index in [2.05, 4.69) is 16.8 Å². The Morgan fingerprint density at radius 2 is 2.33 bits per heavy atom. The van der Waals surface area contributed by atoms with Crippen LogP contribution in [0.5, 0.6) is 5.75 Å². The van der Waals surface area contributed by atoms with Crippen molar-refractivity contribution in [3.8, 4) is 17.6 Å². The highest BCUT2D eigenvalue weighted by Gasteiger charge is 1.98. The maximum Gasteiger partial charge on any atom is 0.193 e. The molecule has 60 valence electrons. The minimum Gasteiger partial charge on any atom is -0.505 e. The maximum absolute atomic E-state index is 9.85. The highest BCUT2D eigenvalue weighted by Crippen LogP contribution is 2.19. The van der Waals surface area contributed by atoms with Gasteiger partial charge in [-0.15, -0.1) is 0 Å². The Morgan fingerprint density at radius 3 is 2.92 bits per heavy atom. The van der Waals surface area contributed by atoms with Crippen LogP contribution < -0.4 is 0 Å². The molecule has 1 aromatic rings. The van der Waals surface area contributed by atoms with Crippen LogP contribution in [-0.2, 0) is 4.79 Å². The lowest BCUT2D eigenvalue weighted by Crippen LogP contribution is -1.82. The number of rotatable bonds is 0. The summed E-state index contributed by atoms with van der Waals surface area (Å²) in [6.45, 7) is 0. The van der Waals surface area contributed by atoms with Gasteiger partial charge in [-0.25, -0.2) is 4.98 Å². The van der Waals surface area contributed by atoms with E-state index < -0.39 is 0 Å². The molecule has 0 aliphatic heterocycles. The van der Waals surface area contributed by atoms with Crippen LogP contribution >= 0.6 is 11.6 Å². The van der Waals surface area contributed by atoms with E-state index in [1.165, 1.54) is 12.1 Å². The van der Waals surface area contributed by atoms with Gasteiger partial charge in [-0.3, -0.25) is 4.79 Å². The summed E-state index contributed by atoms with van der Waals surface area (Å²) in [6.07, 6.45) is 0.461. The van der Waals surface area contributed by atoms with Gasteiger partial charge in [-0.05, 0) is 24.0 Å². The summed E-state index contributed by atoms with van der Waals surface area (Å²) in [6, 6.07) is 2.84. The first-order valence-electron chi connectivity index (χ1n) is 3.04. The molecule has 0 aliphatic carbocycles. The van der Waals surface area contributed by atoms with Gasteiger partial charge in [0.05, 0.1) is 0 Å². The molecule has 1 N–H and O–H groups in total. The number of aldehydes is 1. The van der Waals surface area contributed by atoms with Gasteiger partial charge in [-0.1, -0.05) is 11.6 Å². The van der Waals surface area contributed by atoms with Crippen LogP contribution in [0.1, 0.15) is 5.69 Å². The lowest BCUT2D eigenvalue weighted by Gasteiger charge is -1.93. The molecule has 0 amide bonds. The summed E-state index contributed by atoms with van der Waals surface area (Å²) in [7, 11) is 0. The second-order valence-corrected chi connectivity index (χ2v) is 2.25. The summed E-state index contributed by atoms with van der Waals surface area (Å²) < 4.78 is 0. The number of carbonyl (C=O) groups is 1. The third-order valence-corrected chi connectivity index (χ3v) is 1.37. The molecule has 0 saturated carbocycles. The second kappa shape index (κ2) is 3.74. The van der Waals surface area contributed by atoms with E-state index in [0.29, 0.717) is 12.0 Å². The monoisotopic (exact) mass is 181 g/mol. The van der Waals surface area contributed by atoms with Crippen molar-refractivity contribution in [3.63, 3.8) is 0 Å². The Hall–Kier alpha value is -1.53. The molecule has 0 spiro atoms. The lowest BCUT2D eigenvalue weighted by atomic mass is 10.3. The van der Waals surface area contributed by atoms with Gasteiger partial charge in [0.25, 0.3) is 0 Å². The molecule has 1 heterocycles. The SMILES string of the molecule is O=CC#Cc1ccc(O)c(Cl)n1. The zero-order valence-electron chi connectivity index (χ0n) is 5.91. The fraction of sp³-hybridized carbons (Fsp3) is 0. The van der Waals surface area contributed by atoms with Crippen molar-refractivity contribution in [1.82, 2.24) is 4.98 Å². The van der Waals surface area contributed by atoms with E-state index in [9.17, 15) is 4.79 Å². The molecule has 0 saturated heterocycles. The van der Waals surface area contributed by atoms with Crippen molar-refractivity contribution in [1.29, 1.82) is 0 Å². The average Bonchev–Trinajstić information content (AvgIpc) is 2.07. The zero-order chi connectivity index (χ0) is 8.97. The van der Waals surface area contributed by atoms with Crippen LogP contribution in [0.3, 0.4) is 0 Å². The number of pyridine rings is 1. The van der Waals surface area contributed by atoms with Gasteiger partial charge in [0.15, 0.2) is 17.2 Å². The van der Waals surface area contributed by atoms with Gasteiger partial charge in [-0.2, -0.15) is 0 Å². The van der Waals surface area contributed by atoms with Crippen LogP contribution in [0.2, 0.25) is 5.15 Å². The zero-order valence-corrected chi connectivity index (χ0v) is 6.67. The van der Waals surface area contributed by atoms with Gasteiger partial charge in [0, 0.05) is 0 Å². The number of hydrogen-bond donors (Lipinski definition) is 1. The lowest BCUT2D eigenvalue weighted by molar-refractivity contribution is -0.103. The van der Waals surface area contributed by atoms with Gasteiger partial charge in [0.2, 0.25) is 0 Å². The van der Waals surface area contributed by atoms with Gasteiger partial charge >= 0.3 is 0 Å². The molecule has 0 aromatic carbocycles. The Balaban J connectivity index is 3.04. The van der Waals surface area contributed by atoms with E-state index in [1.54, 1.807) is 0 Å². The van der Waals surface area contributed by atoms with Crippen molar-refractivity contribution in [2.45, 2.75) is 0 Å². The van der Waals surface area contributed by atoms with E-state index in [1.807, 2.05) is 0 Å². The second-order valence-electron chi connectivity index (χ2n) is 1.89. The van der Waals surface area contributed by atoms with Gasteiger partial charge < -0.3 is 5.11 Å². The molecule has 12 heavy (non-hydrogen) atoms. The van der Waals surface area contributed by atoms with E-state index >= 15 is 0 Å². The molecular formula is C8H4ClNO2. The third-order valence-electron chi connectivity index (χ3n) is 1.09. The van der Waals surface area contributed by atoms with Crippen LogP contribution in [0.25, 0.3) is 0 Å². The van der Waals surface area contributed by atoms with E-state index in [4.69, 9.17) is 16.7 Å². The van der Waals surface area contributed by atoms with Crippen LogP contribution in [0.4, 0.5) is 0 Å². The Kier molecular flexibility index (Phi) is 2.67. The number of halogens is 1. The third kappa shape index (κ3) is 1.97. The Bertz CT molecular complexity index is 365. The molecule has 1 rings (SSSR count). The van der Waals surface area contributed by atoms with Crippen molar-refractivity contribution < 1.29 is 9.90 Å². The van der Waals surface area contributed by atoms with Crippen LogP contribution in [0, 0.1) is 11.8 Å². The molecule has 0 radical (unpaired) electrons. The summed E-state index contributed by atoms with van der Waals surface area (Å²) in [5.41, 5.74) is 0.352. The number of nitrogens with zero attached hydrogens (tertiary/aromatic N) is 1. The maximum atomic E-state index is 9.85. The topological polar surface area (TPSA) is 50.2 Å². The number of aromatic nitrogens is 1. The first kappa shape index (κ1) is 8.57. The van der Waals surface area contributed by atoms with Crippen molar-refractivity contribution >= 4 is 17.9 Å². The summed E-state index contributed by atoms with van der Waals surface area (Å²) in [5, 5.41) is 8.94. The Labute approximate surface area is 74.0 Å². The predicted octanol–water partition coefficient (Wildman–Crippen LogP) is 0.991. The molecule has 0 fully saturated rings. The quantitative estimate of drug-likeness (QED) is 0.369. The summed E-state index contributed by atoms with van der Waals surface area (Å²) >= 11 is 5.48. The molecule has 0 bridgehead atoms. The minimum atomic E-state index is -0.103. The molecule has 3 nitrogen and oxygen atoms in total. The minimum absolute atomic E-state index is 0.0206. The number of hydrogen-bond acceptors (Lipinski definition) is 3. The largest absolute Gasteiger partial charge is 0.505 e. The predicted molar refractivity (Wildman–Crippen MR) is 43.9 cm³/mol. The average molecular weight is 182 g/mol. The van der Waals surface area contributed by atoms with Gasteiger partial charge in [0.1, 0.15) is 5.69 Å².